The zero-order valence-electron chi connectivity index (χ0n) is 6.74. The maximum atomic E-state index is 10.5. The van der Waals surface area contributed by atoms with Gasteiger partial charge in [-0.3, -0.25) is 4.79 Å². The van der Waals surface area contributed by atoms with Gasteiger partial charge in [0.1, 0.15) is 0 Å². The quantitative estimate of drug-likeness (QED) is 0.642. The number of aliphatic hydroxyl groups excluding tert-OH is 1. The molecule has 11 heavy (non-hydrogen) atoms. The Kier molecular flexibility index (Phi) is 2.11. The monoisotopic (exact) mass is 155 g/mol. The second-order valence-corrected chi connectivity index (χ2v) is 3.23. The molecule has 62 valence electrons. The van der Waals surface area contributed by atoms with Gasteiger partial charge in [0.05, 0.1) is 6.10 Å². The van der Waals surface area contributed by atoms with Crippen LogP contribution in [0.15, 0.2) is 10.9 Å². The van der Waals surface area contributed by atoms with Crippen LogP contribution < -0.4 is 11.2 Å². The van der Waals surface area contributed by atoms with Gasteiger partial charge in [0, 0.05) is 11.6 Å². The van der Waals surface area contributed by atoms with E-state index in [0.717, 1.165) is 0 Å². The number of aliphatic hydroxyl groups is 1. The lowest BCUT2D eigenvalue weighted by Crippen LogP contribution is -2.33. The Morgan fingerprint density at radius 1 is 1.55 bits per heavy atom. The standard InChI is InChI=1S/C8H13NO2/c1-4(2)7(9)8(11)5-3-6(5)10/h3-4,7-8,11H,9H2,1-2H3. The molecular weight excluding hydrogens is 142 g/mol. The maximum absolute atomic E-state index is 10.5. The summed E-state index contributed by atoms with van der Waals surface area (Å²) in [6.45, 7) is 3.84. The molecule has 0 aliphatic rings. The van der Waals surface area contributed by atoms with Gasteiger partial charge >= 0.3 is 0 Å². The predicted molar refractivity (Wildman–Crippen MR) is 42.9 cm³/mol. The molecule has 0 saturated carbocycles. The molecule has 1 rings (SSSR count). The van der Waals surface area contributed by atoms with Gasteiger partial charge in [-0.25, -0.2) is 0 Å². The third-order valence-corrected chi connectivity index (χ3v) is 1.94. The number of rotatable bonds is 3. The molecule has 0 spiro atoms. The second kappa shape index (κ2) is 2.75. The molecule has 1 aromatic carbocycles. The molecule has 0 aliphatic heterocycles. The molecule has 2 unspecified atom stereocenters. The highest BCUT2D eigenvalue weighted by Gasteiger charge is 2.26. The normalized spacial score (nSPS) is 17.5. The van der Waals surface area contributed by atoms with Crippen molar-refractivity contribution in [3.8, 4) is 0 Å². The lowest BCUT2D eigenvalue weighted by atomic mass is 9.98. The van der Waals surface area contributed by atoms with Crippen molar-refractivity contribution in [1.82, 2.24) is 0 Å². The van der Waals surface area contributed by atoms with Crippen molar-refractivity contribution >= 4 is 0 Å². The fourth-order valence-electron chi connectivity index (χ4n) is 0.908. The Morgan fingerprint density at radius 2 is 2.00 bits per heavy atom. The number of hydrogen-bond donors (Lipinski definition) is 2. The first kappa shape index (κ1) is 8.43. The van der Waals surface area contributed by atoms with E-state index in [2.05, 4.69) is 0 Å². The van der Waals surface area contributed by atoms with Gasteiger partial charge in [-0.2, -0.15) is 0 Å². The molecule has 0 bridgehead atoms. The van der Waals surface area contributed by atoms with E-state index in [0.29, 0.717) is 5.56 Å². The number of nitrogens with two attached hydrogens (primary N) is 1. The number of hydrogen-bond acceptors (Lipinski definition) is 3. The van der Waals surface area contributed by atoms with Gasteiger partial charge in [0.2, 0.25) is 0 Å². The van der Waals surface area contributed by atoms with E-state index in [1.165, 1.54) is 6.07 Å². The minimum absolute atomic E-state index is 0.0615. The smallest absolute Gasteiger partial charge is 0.185 e. The summed E-state index contributed by atoms with van der Waals surface area (Å²) in [7, 11) is 0. The van der Waals surface area contributed by atoms with Gasteiger partial charge in [0.15, 0.2) is 5.43 Å². The lowest BCUT2D eigenvalue weighted by Gasteiger charge is -2.18. The van der Waals surface area contributed by atoms with Crippen LogP contribution in [0.2, 0.25) is 0 Å². The highest BCUT2D eigenvalue weighted by molar-refractivity contribution is 5.27. The average Bonchev–Trinajstić information content (AvgIpc) is 2.63. The molecule has 3 nitrogen and oxygen atoms in total. The Labute approximate surface area is 65.5 Å². The van der Waals surface area contributed by atoms with E-state index in [-0.39, 0.29) is 17.4 Å². The largest absolute Gasteiger partial charge is 0.387 e. The van der Waals surface area contributed by atoms with Crippen molar-refractivity contribution in [2.45, 2.75) is 26.0 Å². The molecule has 3 N–H and O–H groups in total. The van der Waals surface area contributed by atoms with E-state index in [4.69, 9.17) is 5.73 Å². The molecule has 0 amide bonds. The van der Waals surface area contributed by atoms with E-state index >= 15 is 0 Å². The van der Waals surface area contributed by atoms with Crippen LogP contribution in [-0.2, 0) is 0 Å². The third-order valence-electron chi connectivity index (χ3n) is 1.94. The Bertz CT molecular complexity index is 248. The summed E-state index contributed by atoms with van der Waals surface area (Å²) in [5.41, 5.74) is 6.04. The van der Waals surface area contributed by atoms with Gasteiger partial charge in [0.25, 0.3) is 0 Å². The first-order chi connectivity index (χ1) is 5.04. The first-order valence-corrected chi connectivity index (χ1v) is 3.73. The lowest BCUT2D eigenvalue weighted by molar-refractivity contribution is 0.128. The molecule has 0 radical (unpaired) electrons. The summed E-state index contributed by atoms with van der Waals surface area (Å²) in [6.07, 6.45) is -0.762. The summed E-state index contributed by atoms with van der Waals surface area (Å²) in [5.74, 6) is 0.194. The van der Waals surface area contributed by atoms with Crippen molar-refractivity contribution in [3.05, 3.63) is 21.9 Å². The molecule has 3 heteroatoms. The zero-order chi connectivity index (χ0) is 8.59. The van der Waals surface area contributed by atoms with E-state index in [9.17, 15) is 9.90 Å². The molecule has 0 fully saturated rings. The van der Waals surface area contributed by atoms with Crippen molar-refractivity contribution in [2.24, 2.45) is 11.7 Å². The average molecular weight is 155 g/mol. The topological polar surface area (TPSA) is 63.3 Å². The van der Waals surface area contributed by atoms with Gasteiger partial charge < -0.3 is 10.8 Å². The van der Waals surface area contributed by atoms with Crippen LogP contribution in [0.25, 0.3) is 0 Å². The van der Waals surface area contributed by atoms with Crippen LogP contribution in [0.3, 0.4) is 0 Å². The van der Waals surface area contributed by atoms with Gasteiger partial charge in [-0.05, 0) is 12.0 Å². The van der Waals surface area contributed by atoms with E-state index < -0.39 is 6.10 Å². The maximum Gasteiger partial charge on any atom is 0.185 e. The molecule has 1 aromatic rings. The van der Waals surface area contributed by atoms with Crippen LogP contribution in [0.4, 0.5) is 0 Å². The van der Waals surface area contributed by atoms with Crippen molar-refractivity contribution in [3.63, 3.8) is 0 Å². The molecule has 0 aliphatic carbocycles. The summed E-state index contributed by atoms with van der Waals surface area (Å²) >= 11 is 0. The van der Waals surface area contributed by atoms with E-state index in [1.807, 2.05) is 13.8 Å². The van der Waals surface area contributed by atoms with Crippen LogP contribution in [-0.4, -0.2) is 11.1 Å². The Hall–Kier alpha value is -0.670. The fraction of sp³-hybridized carbons (Fsp3) is 0.625. The van der Waals surface area contributed by atoms with Gasteiger partial charge in [-0.1, -0.05) is 13.8 Å². The Morgan fingerprint density at radius 3 is 2.27 bits per heavy atom. The predicted octanol–water partition coefficient (Wildman–Crippen LogP) is -0.0609. The molecule has 2 atom stereocenters. The molecular formula is C8H13NO2. The van der Waals surface area contributed by atoms with Crippen molar-refractivity contribution < 1.29 is 5.11 Å². The highest BCUT2D eigenvalue weighted by atomic mass is 16.3. The zero-order valence-corrected chi connectivity index (χ0v) is 6.74. The molecule has 0 saturated heterocycles. The minimum Gasteiger partial charge on any atom is -0.387 e. The summed E-state index contributed by atoms with van der Waals surface area (Å²) in [5, 5.41) is 9.38. The van der Waals surface area contributed by atoms with Crippen LogP contribution in [0, 0.1) is 5.92 Å². The van der Waals surface area contributed by atoms with Crippen molar-refractivity contribution in [1.29, 1.82) is 0 Å². The first-order valence-electron chi connectivity index (χ1n) is 3.73. The SMILES string of the molecule is CC(C)C(N)C(O)c1cc1=O. The summed E-state index contributed by atoms with van der Waals surface area (Å²) in [6, 6.07) is 1.10. The van der Waals surface area contributed by atoms with Crippen LogP contribution in [0.5, 0.6) is 0 Å². The molecule has 0 aromatic heterocycles. The van der Waals surface area contributed by atoms with Crippen molar-refractivity contribution in [2.75, 3.05) is 0 Å². The van der Waals surface area contributed by atoms with Gasteiger partial charge in [-0.15, -0.1) is 0 Å². The highest BCUT2D eigenvalue weighted by Crippen LogP contribution is 2.19. The fourth-order valence-corrected chi connectivity index (χ4v) is 0.908. The summed E-state index contributed by atoms with van der Waals surface area (Å²) < 4.78 is 0. The second-order valence-electron chi connectivity index (χ2n) is 3.23. The van der Waals surface area contributed by atoms with E-state index in [1.54, 1.807) is 0 Å². The third kappa shape index (κ3) is 1.67. The van der Waals surface area contributed by atoms with Crippen LogP contribution in [0.1, 0.15) is 25.5 Å². The van der Waals surface area contributed by atoms with Crippen LogP contribution >= 0.6 is 0 Å². The minimum atomic E-state index is -0.762. The summed E-state index contributed by atoms with van der Waals surface area (Å²) in [4.78, 5) is 10.5. The molecule has 0 heterocycles. The Balaban J connectivity index is 2.56.